The van der Waals surface area contributed by atoms with Crippen molar-refractivity contribution in [1.82, 2.24) is 4.90 Å². The van der Waals surface area contributed by atoms with E-state index in [1.54, 1.807) is 60.7 Å². The van der Waals surface area contributed by atoms with E-state index in [2.05, 4.69) is 0 Å². The number of nitrogens with zero attached hydrogens (tertiary/aromatic N) is 1. The van der Waals surface area contributed by atoms with Crippen LogP contribution in [0, 0.1) is 5.82 Å². The zero-order valence-electron chi connectivity index (χ0n) is 20.8. The number of halogens is 2. The molecule has 0 saturated carbocycles. The van der Waals surface area contributed by atoms with Gasteiger partial charge >= 0.3 is 0 Å². The number of benzene rings is 3. The van der Waals surface area contributed by atoms with Crippen molar-refractivity contribution in [2.24, 2.45) is 0 Å². The third-order valence-corrected chi connectivity index (χ3v) is 6.59. The molecule has 5 rings (SSSR count). The molecule has 1 atom stereocenters. The number of fused-ring (bicyclic) bond motifs is 1. The van der Waals surface area contributed by atoms with Gasteiger partial charge in [-0.1, -0.05) is 35.9 Å². The first-order chi connectivity index (χ1) is 18.2. The number of aliphatic hydroxyl groups is 1. The van der Waals surface area contributed by atoms with Crippen molar-refractivity contribution in [3.63, 3.8) is 0 Å². The molecular weight excluding hydrogens is 509 g/mol. The zero-order valence-corrected chi connectivity index (χ0v) is 21.5. The first kappa shape index (κ1) is 25.5. The van der Waals surface area contributed by atoms with Crippen LogP contribution in [0.25, 0.3) is 11.0 Å². The molecule has 1 unspecified atom stereocenters. The fraction of sp³-hybridized carbons (Fsp3) is 0.200. The number of furan rings is 1. The SMILES string of the molecule is CC(C)Oc1cccc(C2C(C(=O)c3cc4cc(Cl)ccc4o3)=C(O)C(=O)N2CCc2ccc(F)cc2)c1. The Labute approximate surface area is 223 Å². The highest BCUT2D eigenvalue weighted by atomic mass is 35.5. The van der Waals surface area contributed by atoms with Crippen molar-refractivity contribution < 1.29 is 28.2 Å². The molecule has 4 aromatic rings. The molecule has 0 radical (unpaired) electrons. The Morgan fingerprint density at radius 1 is 1.11 bits per heavy atom. The van der Waals surface area contributed by atoms with E-state index in [-0.39, 0.29) is 29.8 Å². The Kier molecular flexibility index (Phi) is 6.95. The van der Waals surface area contributed by atoms with Gasteiger partial charge in [0.2, 0.25) is 5.78 Å². The Bertz CT molecular complexity index is 1560. The minimum absolute atomic E-state index is 0.0170. The maximum absolute atomic E-state index is 13.8. The molecule has 3 aromatic carbocycles. The van der Waals surface area contributed by atoms with Crippen LogP contribution < -0.4 is 4.74 Å². The van der Waals surface area contributed by atoms with E-state index in [4.69, 9.17) is 20.8 Å². The summed E-state index contributed by atoms with van der Waals surface area (Å²) in [5.41, 5.74) is 1.78. The highest BCUT2D eigenvalue weighted by molar-refractivity contribution is 6.31. The van der Waals surface area contributed by atoms with Crippen molar-refractivity contribution in [3.05, 3.63) is 112 Å². The molecule has 0 saturated heterocycles. The lowest BCUT2D eigenvalue weighted by molar-refractivity contribution is -0.129. The van der Waals surface area contributed by atoms with Gasteiger partial charge in [0, 0.05) is 17.0 Å². The molecule has 38 heavy (non-hydrogen) atoms. The van der Waals surface area contributed by atoms with Crippen LogP contribution in [0.2, 0.25) is 5.02 Å². The fourth-order valence-corrected chi connectivity index (χ4v) is 4.83. The van der Waals surface area contributed by atoms with Gasteiger partial charge in [-0.25, -0.2) is 4.39 Å². The average molecular weight is 534 g/mol. The lowest BCUT2D eigenvalue weighted by atomic mass is 9.94. The van der Waals surface area contributed by atoms with Crippen LogP contribution in [0.1, 0.15) is 41.6 Å². The number of Topliss-reactive ketones (excluding diaryl/α,β-unsaturated/α-hetero) is 1. The second kappa shape index (κ2) is 10.3. The molecule has 0 spiro atoms. The molecule has 2 heterocycles. The highest BCUT2D eigenvalue weighted by Gasteiger charge is 2.44. The van der Waals surface area contributed by atoms with Gasteiger partial charge in [-0.15, -0.1) is 0 Å². The zero-order chi connectivity index (χ0) is 27.0. The van der Waals surface area contributed by atoms with Crippen molar-refractivity contribution in [2.45, 2.75) is 32.4 Å². The number of hydrogen-bond donors (Lipinski definition) is 1. The average Bonchev–Trinajstić information content (AvgIpc) is 3.41. The third kappa shape index (κ3) is 5.02. The molecule has 0 aliphatic carbocycles. The van der Waals surface area contributed by atoms with Crippen LogP contribution in [0.4, 0.5) is 4.39 Å². The maximum atomic E-state index is 13.8. The van der Waals surface area contributed by atoms with Crippen molar-refractivity contribution in [3.8, 4) is 5.75 Å². The van der Waals surface area contributed by atoms with E-state index < -0.39 is 23.5 Å². The van der Waals surface area contributed by atoms with Crippen molar-refractivity contribution in [2.75, 3.05) is 6.54 Å². The molecular formula is C30H25ClFNO5. The molecule has 6 nitrogen and oxygen atoms in total. The van der Waals surface area contributed by atoms with Crippen LogP contribution in [0.15, 0.2) is 88.5 Å². The smallest absolute Gasteiger partial charge is 0.290 e. The van der Waals surface area contributed by atoms with Gasteiger partial charge in [-0.05, 0) is 79.9 Å². The van der Waals surface area contributed by atoms with E-state index in [0.29, 0.717) is 33.7 Å². The van der Waals surface area contributed by atoms with Crippen LogP contribution in [0.5, 0.6) is 5.75 Å². The van der Waals surface area contributed by atoms with Gasteiger partial charge in [0.15, 0.2) is 11.5 Å². The molecule has 1 N–H and O–H groups in total. The third-order valence-electron chi connectivity index (χ3n) is 6.35. The summed E-state index contributed by atoms with van der Waals surface area (Å²) >= 11 is 6.08. The number of ether oxygens (including phenoxy) is 1. The fourth-order valence-electron chi connectivity index (χ4n) is 4.65. The van der Waals surface area contributed by atoms with E-state index in [1.807, 2.05) is 13.8 Å². The molecule has 194 valence electrons. The second-order valence-corrected chi connectivity index (χ2v) is 9.84. The van der Waals surface area contributed by atoms with Gasteiger partial charge in [-0.2, -0.15) is 0 Å². The monoisotopic (exact) mass is 533 g/mol. The molecule has 1 aliphatic rings. The summed E-state index contributed by atoms with van der Waals surface area (Å²) in [5, 5.41) is 12.1. The maximum Gasteiger partial charge on any atom is 0.290 e. The van der Waals surface area contributed by atoms with Crippen LogP contribution in [-0.2, 0) is 11.2 Å². The molecule has 1 aromatic heterocycles. The number of rotatable bonds is 8. The van der Waals surface area contributed by atoms with Gasteiger partial charge in [0.1, 0.15) is 17.1 Å². The summed E-state index contributed by atoms with van der Waals surface area (Å²) in [7, 11) is 0. The summed E-state index contributed by atoms with van der Waals surface area (Å²) < 4.78 is 25.0. The number of hydrogen-bond acceptors (Lipinski definition) is 5. The summed E-state index contributed by atoms with van der Waals surface area (Å²) in [6.45, 7) is 3.98. The van der Waals surface area contributed by atoms with Gasteiger partial charge in [0.25, 0.3) is 5.91 Å². The van der Waals surface area contributed by atoms with Crippen LogP contribution >= 0.6 is 11.6 Å². The standard InChI is InChI=1S/C30H25ClFNO5/c1-17(2)37-23-5-3-4-19(15-23)27-26(28(34)25-16-20-14-21(31)8-11-24(20)38-25)29(35)30(36)33(27)13-12-18-6-9-22(32)10-7-18/h3-11,14-17,27,35H,12-13H2,1-2H3. The molecule has 1 aliphatic heterocycles. The van der Waals surface area contributed by atoms with Gasteiger partial charge < -0.3 is 19.2 Å². The minimum Gasteiger partial charge on any atom is -0.503 e. The molecule has 0 fully saturated rings. The number of aliphatic hydroxyl groups excluding tert-OH is 1. The molecule has 0 bridgehead atoms. The highest BCUT2D eigenvalue weighted by Crippen LogP contribution is 2.40. The van der Waals surface area contributed by atoms with Crippen molar-refractivity contribution in [1.29, 1.82) is 0 Å². The van der Waals surface area contributed by atoms with Crippen LogP contribution in [-0.4, -0.2) is 34.3 Å². The predicted octanol–water partition coefficient (Wildman–Crippen LogP) is 6.83. The number of carbonyl (C=O) groups excluding carboxylic acids is 2. The quantitative estimate of drug-likeness (QED) is 0.251. The Morgan fingerprint density at radius 2 is 1.87 bits per heavy atom. The summed E-state index contributed by atoms with van der Waals surface area (Å²) in [4.78, 5) is 28.5. The summed E-state index contributed by atoms with van der Waals surface area (Å²) in [6, 6.07) is 18.7. The Balaban J connectivity index is 1.54. The lowest BCUT2D eigenvalue weighted by Gasteiger charge is -2.27. The Morgan fingerprint density at radius 3 is 2.61 bits per heavy atom. The van der Waals surface area contributed by atoms with Crippen LogP contribution in [0.3, 0.4) is 0 Å². The minimum atomic E-state index is -0.886. The second-order valence-electron chi connectivity index (χ2n) is 9.40. The predicted molar refractivity (Wildman–Crippen MR) is 142 cm³/mol. The largest absolute Gasteiger partial charge is 0.503 e. The first-order valence-electron chi connectivity index (χ1n) is 12.2. The van der Waals surface area contributed by atoms with E-state index >= 15 is 0 Å². The number of carbonyl (C=O) groups is 2. The number of amides is 1. The topological polar surface area (TPSA) is 80.0 Å². The lowest BCUT2D eigenvalue weighted by Crippen LogP contribution is -2.33. The van der Waals surface area contributed by atoms with Gasteiger partial charge in [-0.3, -0.25) is 9.59 Å². The summed E-state index contributed by atoms with van der Waals surface area (Å²) in [5.74, 6) is -1.71. The molecule has 8 heteroatoms. The van der Waals surface area contributed by atoms with E-state index in [0.717, 1.165) is 5.56 Å². The Hall–Kier alpha value is -4.10. The van der Waals surface area contributed by atoms with E-state index in [1.165, 1.54) is 17.0 Å². The summed E-state index contributed by atoms with van der Waals surface area (Å²) in [6.07, 6.45) is 0.306. The normalized spacial score (nSPS) is 15.7. The number of ketones is 1. The van der Waals surface area contributed by atoms with Crippen molar-refractivity contribution >= 4 is 34.3 Å². The first-order valence-corrected chi connectivity index (χ1v) is 12.6. The van der Waals surface area contributed by atoms with Gasteiger partial charge in [0.05, 0.1) is 17.7 Å². The van der Waals surface area contributed by atoms with E-state index in [9.17, 15) is 19.1 Å². The molecule has 1 amide bonds.